The minimum atomic E-state index is -0.498. The predicted molar refractivity (Wildman–Crippen MR) is 119 cm³/mol. The van der Waals surface area contributed by atoms with E-state index in [0.29, 0.717) is 5.13 Å². The normalized spacial score (nSPS) is 14.2. The average Bonchev–Trinajstić information content (AvgIpc) is 3.43. The number of ketones is 1. The van der Waals surface area contributed by atoms with Gasteiger partial charge in [0.15, 0.2) is 16.1 Å². The summed E-state index contributed by atoms with van der Waals surface area (Å²) in [7, 11) is -0.498. The molecular weight excluding hydrogens is 400 g/mol. The fourth-order valence-corrected chi connectivity index (χ4v) is 4.72. The first kappa shape index (κ1) is 22.0. The van der Waals surface area contributed by atoms with Crippen molar-refractivity contribution < 1.29 is 14.4 Å². The summed E-state index contributed by atoms with van der Waals surface area (Å²) in [6.07, 6.45) is 2.18. The van der Waals surface area contributed by atoms with E-state index in [-0.39, 0.29) is 36.1 Å². The van der Waals surface area contributed by atoms with E-state index in [1.807, 2.05) is 57.3 Å². The average molecular weight is 430 g/mol. The van der Waals surface area contributed by atoms with Gasteiger partial charge in [0, 0.05) is 30.0 Å². The number of aromatic nitrogens is 1. The van der Waals surface area contributed by atoms with E-state index in [1.165, 1.54) is 0 Å². The van der Waals surface area contributed by atoms with Crippen molar-refractivity contribution in [2.75, 3.05) is 11.9 Å². The second-order valence-electron chi connectivity index (χ2n) is 8.61. The first-order valence-electron chi connectivity index (χ1n) is 10.1. The molecule has 1 fully saturated rings. The van der Waals surface area contributed by atoms with Crippen molar-refractivity contribution in [2.24, 2.45) is 5.92 Å². The zero-order chi connectivity index (χ0) is 21.9. The summed E-state index contributed by atoms with van der Waals surface area (Å²) in [5.41, 5.74) is 1.27. The molecule has 1 saturated carbocycles. The van der Waals surface area contributed by atoms with Gasteiger partial charge >= 0.3 is 11.2 Å². The number of nitrogens with zero attached hydrogens (tertiary/aromatic N) is 1. The SMILES string of the molecule is Cc1c[s+](-c2ccc(C(=O)C3CC3)cc2)c(NC(=O)NCCC(=O)NC(C)(C)C)n1. The van der Waals surface area contributed by atoms with Crippen LogP contribution in [-0.4, -0.2) is 34.8 Å². The van der Waals surface area contributed by atoms with Crippen LogP contribution in [0.4, 0.5) is 9.93 Å². The second-order valence-corrected chi connectivity index (χ2v) is 10.4. The van der Waals surface area contributed by atoms with Crippen LogP contribution in [0.25, 0.3) is 4.90 Å². The summed E-state index contributed by atoms with van der Waals surface area (Å²) < 4.78 is 0. The third kappa shape index (κ3) is 6.13. The molecule has 1 aliphatic rings. The van der Waals surface area contributed by atoms with Crippen molar-refractivity contribution in [3.05, 3.63) is 40.9 Å². The van der Waals surface area contributed by atoms with Gasteiger partial charge in [-0.05, 0) is 64.8 Å². The molecule has 1 atom stereocenters. The highest BCUT2D eigenvalue weighted by Gasteiger charge is 2.31. The number of hydrogen-bond donors (Lipinski definition) is 3. The Morgan fingerprint density at radius 2 is 1.80 bits per heavy atom. The third-order valence-electron chi connectivity index (χ3n) is 4.49. The Balaban J connectivity index is 1.59. The fourth-order valence-electron chi connectivity index (χ4n) is 2.98. The maximum Gasteiger partial charge on any atom is 0.353 e. The topological polar surface area (TPSA) is 100 Å². The van der Waals surface area contributed by atoms with Crippen LogP contribution in [0.2, 0.25) is 0 Å². The van der Waals surface area contributed by atoms with Gasteiger partial charge in [-0.3, -0.25) is 9.59 Å². The third-order valence-corrected chi connectivity index (χ3v) is 6.45. The molecular formula is C22H29N4O3S+. The van der Waals surface area contributed by atoms with E-state index in [2.05, 4.69) is 20.9 Å². The molecule has 8 heteroatoms. The zero-order valence-corrected chi connectivity index (χ0v) is 18.7. The molecule has 7 nitrogen and oxygen atoms in total. The van der Waals surface area contributed by atoms with Gasteiger partial charge in [0.25, 0.3) is 0 Å². The van der Waals surface area contributed by atoms with E-state index in [4.69, 9.17) is 0 Å². The number of anilines is 1. The van der Waals surface area contributed by atoms with E-state index < -0.39 is 16.5 Å². The lowest BCUT2D eigenvalue weighted by molar-refractivity contribution is -0.122. The monoisotopic (exact) mass is 429 g/mol. The Kier molecular flexibility index (Phi) is 6.55. The summed E-state index contributed by atoms with van der Waals surface area (Å²) in [4.78, 5) is 41.8. The highest BCUT2D eigenvalue weighted by atomic mass is 32.2. The van der Waals surface area contributed by atoms with Gasteiger partial charge in [0.05, 0.1) is 16.2 Å². The van der Waals surface area contributed by atoms with Crippen LogP contribution < -0.4 is 16.0 Å². The van der Waals surface area contributed by atoms with Gasteiger partial charge in [0.1, 0.15) is 0 Å². The molecule has 3 N–H and O–H groups in total. The summed E-state index contributed by atoms with van der Waals surface area (Å²) in [6, 6.07) is 7.18. The lowest BCUT2D eigenvalue weighted by atomic mass is 10.1. The molecule has 1 heterocycles. The number of aryl methyl sites for hydroxylation is 1. The van der Waals surface area contributed by atoms with Crippen LogP contribution in [0, 0.1) is 12.8 Å². The molecule has 0 spiro atoms. The van der Waals surface area contributed by atoms with Crippen molar-refractivity contribution in [3.8, 4) is 4.90 Å². The molecule has 1 aromatic carbocycles. The first-order valence-corrected chi connectivity index (χ1v) is 11.4. The number of carbonyl (C=O) groups excluding carboxylic acids is 3. The van der Waals surface area contributed by atoms with Crippen LogP contribution in [-0.2, 0) is 4.79 Å². The number of thiazole rings is 1. The van der Waals surface area contributed by atoms with Gasteiger partial charge in [-0.25, -0.2) is 10.1 Å². The van der Waals surface area contributed by atoms with E-state index in [0.717, 1.165) is 29.0 Å². The molecule has 0 bridgehead atoms. The molecule has 3 amide bonds. The first-order chi connectivity index (χ1) is 14.1. The summed E-state index contributed by atoms with van der Waals surface area (Å²) in [6.45, 7) is 7.85. The van der Waals surface area contributed by atoms with Gasteiger partial charge in [-0.1, -0.05) is 0 Å². The van der Waals surface area contributed by atoms with Gasteiger partial charge in [0.2, 0.25) is 5.91 Å². The van der Waals surface area contributed by atoms with E-state index >= 15 is 0 Å². The highest BCUT2D eigenvalue weighted by Crippen LogP contribution is 2.39. The van der Waals surface area contributed by atoms with Crippen molar-refractivity contribution in [1.82, 2.24) is 15.6 Å². The fraction of sp³-hybridized carbons (Fsp3) is 0.455. The maximum atomic E-state index is 12.3. The quantitative estimate of drug-likeness (QED) is 0.455. The number of nitrogens with one attached hydrogen (secondary N) is 3. The van der Waals surface area contributed by atoms with Crippen LogP contribution in [0.5, 0.6) is 0 Å². The van der Waals surface area contributed by atoms with Gasteiger partial charge in [-0.15, -0.1) is 0 Å². The van der Waals surface area contributed by atoms with Crippen LogP contribution >= 0.6 is 10.5 Å². The number of carbonyl (C=O) groups is 3. The molecule has 0 saturated heterocycles. The summed E-state index contributed by atoms with van der Waals surface area (Å²) in [5.74, 6) is 0.295. The van der Waals surface area contributed by atoms with E-state index in [9.17, 15) is 14.4 Å². The lowest BCUT2D eigenvalue weighted by Crippen LogP contribution is -2.42. The van der Waals surface area contributed by atoms with Crippen molar-refractivity contribution in [2.45, 2.75) is 52.5 Å². The molecule has 0 radical (unpaired) electrons. The van der Waals surface area contributed by atoms with Crippen LogP contribution in [0.3, 0.4) is 0 Å². The Morgan fingerprint density at radius 1 is 1.13 bits per heavy atom. The minimum Gasteiger partial charge on any atom is -0.351 e. The lowest BCUT2D eigenvalue weighted by Gasteiger charge is -2.20. The molecule has 1 unspecified atom stereocenters. The standard InChI is InChI=1S/C22H28N4O3S/c1-14-13-30(17-9-7-16(8-10-17)19(28)15-5-6-15)21(24-14)25-20(29)23-12-11-18(27)26-22(2,3)4/h7-10,13,15H,5-6,11-12H2,1-4H3,(H2-,23,24,25,26,27,29)/p+1. The van der Waals surface area contributed by atoms with E-state index in [1.54, 1.807) is 0 Å². The molecule has 0 aliphatic heterocycles. The number of Topliss-reactive ketones (excluding diaryl/α,β-unsaturated/α-hetero) is 1. The largest absolute Gasteiger partial charge is 0.353 e. The van der Waals surface area contributed by atoms with Gasteiger partial charge in [-0.2, -0.15) is 4.98 Å². The summed E-state index contributed by atoms with van der Waals surface area (Å²) >= 11 is 0. The number of rotatable bonds is 7. The number of urea groups is 1. The van der Waals surface area contributed by atoms with Crippen LogP contribution in [0.15, 0.2) is 29.6 Å². The minimum absolute atomic E-state index is 0.112. The highest BCUT2D eigenvalue weighted by molar-refractivity contribution is 7.41. The Bertz CT molecular complexity index is 940. The Morgan fingerprint density at radius 3 is 2.40 bits per heavy atom. The maximum absolute atomic E-state index is 12.3. The van der Waals surface area contributed by atoms with Crippen LogP contribution in [0.1, 0.15) is 56.1 Å². The zero-order valence-electron chi connectivity index (χ0n) is 17.9. The van der Waals surface area contributed by atoms with Crippen molar-refractivity contribution in [3.63, 3.8) is 0 Å². The second kappa shape index (κ2) is 8.95. The van der Waals surface area contributed by atoms with Crippen molar-refractivity contribution in [1.29, 1.82) is 0 Å². The molecule has 160 valence electrons. The number of hydrogen-bond acceptors (Lipinski definition) is 4. The molecule has 1 aliphatic carbocycles. The predicted octanol–water partition coefficient (Wildman–Crippen LogP) is 4.15. The molecule has 30 heavy (non-hydrogen) atoms. The number of benzene rings is 1. The van der Waals surface area contributed by atoms with Gasteiger partial charge < -0.3 is 10.6 Å². The van der Waals surface area contributed by atoms with Crippen molar-refractivity contribution >= 4 is 33.3 Å². The molecule has 1 aromatic heterocycles. The Hall–Kier alpha value is -2.74. The molecule has 2 aromatic rings. The number of amides is 3. The summed E-state index contributed by atoms with van der Waals surface area (Å²) in [5, 5.41) is 10.9. The molecule has 3 rings (SSSR count). The smallest absolute Gasteiger partial charge is 0.351 e. The Labute approximate surface area is 179 Å².